The molecule has 0 saturated carbocycles. The number of esters is 1. The highest BCUT2D eigenvalue weighted by molar-refractivity contribution is 6.32. The lowest BCUT2D eigenvalue weighted by molar-refractivity contribution is -0.136. The van der Waals surface area contributed by atoms with Gasteiger partial charge in [-0.1, -0.05) is 48.5 Å². The summed E-state index contributed by atoms with van der Waals surface area (Å²) in [7, 11) is 2.82. The summed E-state index contributed by atoms with van der Waals surface area (Å²) >= 11 is 6.55. The summed E-state index contributed by atoms with van der Waals surface area (Å²) in [4.78, 5) is 26.3. The van der Waals surface area contributed by atoms with Gasteiger partial charge in [-0.2, -0.15) is 0 Å². The van der Waals surface area contributed by atoms with E-state index in [0.29, 0.717) is 50.2 Å². The average molecular weight is 452 g/mol. The van der Waals surface area contributed by atoms with E-state index in [1.807, 2.05) is 18.2 Å². The van der Waals surface area contributed by atoms with Crippen LogP contribution in [0.15, 0.2) is 65.9 Å². The Balaban J connectivity index is 1.94. The van der Waals surface area contributed by atoms with Gasteiger partial charge in [0.15, 0.2) is 17.3 Å². The molecule has 164 valence electrons. The third-order valence-corrected chi connectivity index (χ3v) is 5.87. The summed E-state index contributed by atoms with van der Waals surface area (Å²) in [6, 6.07) is 10.8. The molecule has 1 N–H and O–H groups in total. The number of ether oxygens (including phenoxy) is 3. The minimum absolute atomic E-state index is 0.149. The molecule has 0 radical (unpaired) electrons. The maximum Gasteiger partial charge on any atom is 0.336 e. The molecular formula is C25H22ClNO5. The van der Waals surface area contributed by atoms with Crippen molar-refractivity contribution in [3.63, 3.8) is 0 Å². The Hall–Kier alpha value is -3.51. The van der Waals surface area contributed by atoms with E-state index in [4.69, 9.17) is 25.8 Å². The predicted molar refractivity (Wildman–Crippen MR) is 122 cm³/mol. The van der Waals surface area contributed by atoms with Crippen LogP contribution < -0.4 is 14.8 Å². The number of hydrogen-bond donors (Lipinski definition) is 1. The molecule has 6 nitrogen and oxygen atoms in total. The molecular weight excluding hydrogens is 430 g/mol. The van der Waals surface area contributed by atoms with Gasteiger partial charge in [-0.15, -0.1) is 0 Å². The molecule has 2 aliphatic rings. The molecule has 0 amide bonds. The number of halogens is 1. The van der Waals surface area contributed by atoms with Crippen LogP contribution in [0.25, 0.3) is 5.70 Å². The van der Waals surface area contributed by atoms with Crippen molar-refractivity contribution >= 4 is 29.1 Å². The summed E-state index contributed by atoms with van der Waals surface area (Å²) in [5, 5.41) is 3.55. The fraction of sp³-hybridized carbons (Fsp3) is 0.200. The van der Waals surface area contributed by atoms with E-state index in [2.05, 4.69) is 11.9 Å². The quantitative estimate of drug-likeness (QED) is 0.509. The number of ketones is 1. The molecule has 1 aliphatic carbocycles. The van der Waals surface area contributed by atoms with Gasteiger partial charge < -0.3 is 19.5 Å². The smallest absolute Gasteiger partial charge is 0.336 e. The molecule has 1 aliphatic heterocycles. The topological polar surface area (TPSA) is 73.9 Å². The van der Waals surface area contributed by atoms with Crippen LogP contribution in [0.4, 0.5) is 0 Å². The van der Waals surface area contributed by atoms with Gasteiger partial charge in [-0.3, -0.25) is 4.79 Å². The molecule has 1 heterocycles. The van der Waals surface area contributed by atoms with Gasteiger partial charge in [-0.25, -0.2) is 4.79 Å². The van der Waals surface area contributed by atoms with Crippen LogP contribution in [0.3, 0.4) is 0 Å². The second kappa shape index (κ2) is 8.55. The van der Waals surface area contributed by atoms with Crippen LogP contribution in [0.1, 0.15) is 34.3 Å². The van der Waals surface area contributed by atoms with Gasteiger partial charge in [-0.05, 0) is 24.6 Å². The number of benzene rings is 2. The van der Waals surface area contributed by atoms with E-state index in [1.165, 1.54) is 14.2 Å². The Labute approximate surface area is 191 Å². The number of carbonyl (C=O) groups excluding carboxylic acids is 2. The van der Waals surface area contributed by atoms with Crippen molar-refractivity contribution in [2.45, 2.75) is 12.8 Å². The SMILES string of the molecule is C=CCOc1c(Cl)cc([C@@H]2C(C(=O)OC)=C(C)NC3=C2C(=O)c2ccccc23)cc1OC. The highest BCUT2D eigenvalue weighted by Crippen LogP contribution is 2.49. The Morgan fingerprint density at radius 2 is 1.94 bits per heavy atom. The minimum atomic E-state index is -0.696. The number of carbonyl (C=O) groups is 2. The third kappa shape index (κ3) is 3.37. The summed E-state index contributed by atoms with van der Waals surface area (Å²) in [5.74, 6) is -0.623. The number of allylic oxidation sites excluding steroid dienone is 2. The number of dihydropyridines is 1. The predicted octanol–water partition coefficient (Wildman–Crippen LogP) is 4.65. The second-order valence-corrected chi connectivity index (χ2v) is 7.79. The third-order valence-electron chi connectivity index (χ3n) is 5.58. The van der Waals surface area contributed by atoms with Crippen molar-refractivity contribution in [3.8, 4) is 11.5 Å². The molecule has 7 heteroatoms. The van der Waals surface area contributed by atoms with Crippen LogP contribution in [0, 0.1) is 0 Å². The van der Waals surface area contributed by atoms with Gasteiger partial charge in [0.1, 0.15) is 6.61 Å². The highest BCUT2D eigenvalue weighted by Gasteiger charge is 2.43. The first-order chi connectivity index (χ1) is 15.4. The monoisotopic (exact) mass is 451 g/mol. The van der Waals surface area contributed by atoms with Crippen molar-refractivity contribution in [2.75, 3.05) is 20.8 Å². The van der Waals surface area contributed by atoms with Gasteiger partial charge >= 0.3 is 5.97 Å². The van der Waals surface area contributed by atoms with Crippen LogP contribution >= 0.6 is 11.6 Å². The first kappa shape index (κ1) is 21.7. The zero-order chi connectivity index (χ0) is 23.0. The molecule has 2 aromatic rings. The van der Waals surface area contributed by atoms with Gasteiger partial charge in [0, 0.05) is 28.3 Å². The lowest BCUT2D eigenvalue weighted by Gasteiger charge is -2.29. The molecule has 32 heavy (non-hydrogen) atoms. The first-order valence-electron chi connectivity index (χ1n) is 9.98. The Bertz CT molecular complexity index is 1210. The fourth-order valence-electron chi connectivity index (χ4n) is 4.23. The van der Waals surface area contributed by atoms with E-state index in [1.54, 1.807) is 31.2 Å². The zero-order valence-corrected chi connectivity index (χ0v) is 18.7. The lowest BCUT2D eigenvalue weighted by atomic mass is 9.79. The molecule has 0 unspecified atom stereocenters. The van der Waals surface area contributed by atoms with Crippen molar-refractivity contribution in [3.05, 3.63) is 87.6 Å². The van der Waals surface area contributed by atoms with Crippen LogP contribution in [-0.4, -0.2) is 32.6 Å². The number of methoxy groups -OCH3 is 2. The second-order valence-electron chi connectivity index (χ2n) is 7.39. The van der Waals surface area contributed by atoms with Gasteiger partial charge in [0.05, 0.1) is 30.5 Å². The molecule has 2 aromatic carbocycles. The van der Waals surface area contributed by atoms with Crippen LogP contribution in [-0.2, 0) is 9.53 Å². The maximum absolute atomic E-state index is 13.5. The van der Waals surface area contributed by atoms with E-state index >= 15 is 0 Å². The fourth-order valence-corrected chi connectivity index (χ4v) is 4.51. The maximum atomic E-state index is 13.5. The molecule has 0 aromatic heterocycles. The van der Waals surface area contributed by atoms with Crippen LogP contribution in [0.2, 0.25) is 5.02 Å². The normalized spacial score (nSPS) is 16.9. The Morgan fingerprint density at radius 3 is 2.59 bits per heavy atom. The number of rotatable bonds is 6. The van der Waals surface area contributed by atoms with E-state index in [9.17, 15) is 9.59 Å². The molecule has 1 atom stereocenters. The zero-order valence-electron chi connectivity index (χ0n) is 18.0. The van der Waals surface area contributed by atoms with E-state index in [0.717, 1.165) is 5.56 Å². The summed E-state index contributed by atoms with van der Waals surface area (Å²) in [5.41, 5.74) is 4.09. The largest absolute Gasteiger partial charge is 0.493 e. The van der Waals surface area contributed by atoms with Crippen molar-refractivity contribution in [2.24, 2.45) is 0 Å². The summed E-state index contributed by atoms with van der Waals surface area (Å²) < 4.78 is 16.2. The minimum Gasteiger partial charge on any atom is -0.493 e. The molecule has 0 spiro atoms. The lowest BCUT2D eigenvalue weighted by Crippen LogP contribution is -2.29. The number of fused-ring (bicyclic) bond motifs is 2. The van der Waals surface area contributed by atoms with E-state index < -0.39 is 11.9 Å². The number of hydrogen-bond acceptors (Lipinski definition) is 6. The first-order valence-corrected chi connectivity index (χ1v) is 10.4. The molecule has 0 saturated heterocycles. The van der Waals surface area contributed by atoms with Gasteiger partial charge in [0.2, 0.25) is 0 Å². The van der Waals surface area contributed by atoms with Gasteiger partial charge in [0.25, 0.3) is 0 Å². The number of Topliss-reactive ketones (excluding diaryl/α,β-unsaturated/α-hetero) is 1. The Morgan fingerprint density at radius 1 is 1.22 bits per heavy atom. The standard InChI is InChI=1S/C25H22ClNO5/c1-5-10-32-24-17(26)11-14(12-18(24)30-3)20-19(25(29)31-4)13(2)27-22-15-8-6-7-9-16(15)23(28)21(20)22/h5-9,11-12,20,27H,1,10H2,2-4H3/t20-/m1/s1. The van der Waals surface area contributed by atoms with Crippen molar-refractivity contribution < 1.29 is 23.8 Å². The Kier molecular flexibility index (Phi) is 5.80. The van der Waals surface area contributed by atoms with Crippen molar-refractivity contribution in [1.29, 1.82) is 0 Å². The molecule has 0 fully saturated rings. The van der Waals surface area contributed by atoms with Crippen LogP contribution in [0.5, 0.6) is 11.5 Å². The van der Waals surface area contributed by atoms with E-state index in [-0.39, 0.29) is 12.4 Å². The van der Waals surface area contributed by atoms with Crippen molar-refractivity contribution in [1.82, 2.24) is 5.32 Å². The number of nitrogens with one attached hydrogen (secondary N) is 1. The molecule has 0 bridgehead atoms. The summed E-state index contributed by atoms with van der Waals surface area (Å²) in [6.07, 6.45) is 1.60. The average Bonchev–Trinajstić information content (AvgIpc) is 3.08. The molecule has 4 rings (SSSR count). The summed E-state index contributed by atoms with van der Waals surface area (Å²) in [6.45, 7) is 5.68. The highest BCUT2D eigenvalue weighted by atomic mass is 35.5.